The highest BCUT2D eigenvalue weighted by molar-refractivity contribution is 5.92. The smallest absolute Gasteiger partial charge is 0.412 e. The number of carboxylic acid groups (broad SMARTS) is 1. The molecule has 1 atom stereocenters. The molecular formula is C19H27N3O4. The number of rotatable bonds is 3. The van der Waals surface area contributed by atoms with Gasteiger partial charge in [0.05, 0.1) is 30.1 Å². The van der Waals surface area contributed by atoms with E-state index in [0.717, 1.165) is 49.8 Å². The monoisotopic (exact) mass is 361 g/mol. The average molecular weight is 361 g/mol. The van der Waals surface area contributed by atoms with Crippen LogP contribution in [0.2, 0.25) is 0 Å². The topological polar surface area (TPSA) is 105 Å². The number of hydrogen-bond donors (Lipinski definition) is 3. The van der Waals surface area contributed by atoms with E-state index in [1.54, 1.807) is 0 Å². The van der Waals surface area contributed by atoms with Crippen molar-refractivity contribution < 1.29 is 19.4 Å². The number of methoxy groups -OCH3 is 1. The van der Waals surface area contributed by atoms with Gasteiger partial charge >= 0.3 is 12.1 Å². The van der Waals surface area contributed by atoms with Gasteiger partial charge in [-0.3, -0.25) is 9.69 Å². The molecule has 1 aliphatic heterocycles. The number of carbonyl (C=O) groups excluding carboxylic acids is 1. The molecule has 0 bridgehead atoms. The summed E-state index contributed by atoms with van der Waals surface area (Å²) in [7, 11) is 1.43. The number of nitrogens with one attached hydrogen (secondary N) is 1. The Morgan fingerprint density at radius 2 is 1.92 bits per heavy atom. The van der Waals surface area contributed by atoms with Crippen LogP contribution < -0.4 is 16.0 Å². The molecule has 7 heteroatoms. The van der Waals surface area contributed by atoms with Gasteiger partial charge in [0.1, 0.15) is 0 Å². The molecule has 1 saturated carbocycles. The van der Waals surface area contributed by atoms with E-state index in [2.05, 4.69) is 5.32 Å². The minimum atomic E-state index is -0.945. The Kier molecular flexibility index (Phi) is 5.25. The van der Waals surface area contributed by atoms with Gasteiger partial charge in [0.25, 0.3) is 0 Å². The quantitative estimate of drug-likeness (QED) is 0.564. The molecule has 0 aromatic heterocycles. The number of esters is 1. The fourth-order valence-electron chi connectivity index (χ4n) is 4.14. The third kappa shape index (κ3) is 3.43. The third-order valence-corrected chi connectivity index (χ3v) is 5.67. The summed E-state index contributed by atoms with van der Waals surface area (Å²) in [6, 6.07) is 3.92. The largest absolute Gasteiger partial charge is 0.469 e. The molecule has 1 fully saturated rings. The van der Waals surface area contributed by atoms with Crippen LogP contribution in [0, 0.1) is 5.92 Å². The Balaban J connectivity index is 1.73. The number of hydrogen-bond acceptors (Lipinski definition) is 5. The Bertz CT molecular complexity index is 698. The van der Waals surface area contributed by atoms with Crippen molar-refractivity contribution in [3.63, 3.8) is 0 Å². The van der Waals surface area contributed by atoms with Crippen LogP contribution in [0.15, 0.2) is 12.1 Å². The highest BCUT2D eigenvalue weighted by Crippen LogP contribution is 2.39. The Hall–Kier alpha value is -2.44. The van der Waals surface area contributed by atoms with Gasteiger partial charge in [0.15, 0.2) is 0 Å². The number of nitrogens with zero attached hydrogens (tertiary/aromatic N) is 1. The summed E-state index contributed by atoms with van der Waals surface area (Å²) >= 11 is 0. The lowest BCUT2D eigenvalue weighted by Crippen LogP contribution is -2.41. The van der Waals surface area contributed by atoms with Gasteiger partial charge in [0, 0.05) is 17.6 Å². The third-order valence-electron chi connectivity index (χ3n) is 5.67. The molecule has 0 radical (unpaired) electrons. The van der Waals surface area contributed by atoms with Gasteiger partial charge in [-0.15, -0.1) is 0 Å². The molecule has 0 spiro atoms. The minimum Gasteiger partial charge on any atom is -0.469 e. The van der Waals surface area contributed by atoms with Crippen molar-refractivity contribution >= 4 is 29.1 Å². The summed E-state index contributed by atoms with van der Waals surface area (Å²) < 4.78 is 4.83. The number of anilines is 3. The van der Waals surface area contributed by atoms with Crippen LogP contribution in [0.4, 0.5) is 21.9 Å². The van der Waals surface area contributed by atoms with Gasteiger partial charge in [-0.2, -0.15) is 0 Å². The normalized spacial score (nSPS) is 25.3. The fourth-order valence-corrected chi connectivity index (χ4v) is 4.14. The second kappa shape index (κ2) is 7.43. The molecule has 142 valence electrons. The first-order valence-corrected chi connectivity index (χ1v) is 9.20. The van der Waals surface area contributed by atoms with E-state index in [-0.39, 0.29) is 24.0 Å². The molecule has 0 unspecified atom stereocenters. The first-order chi connectivity index (χ1) is 12.4. The van der Waals surface area contributed by atoms with Crippen LogP contribution in [-0.4, -0.2) is 36.4 Å². The Labute approximate surface area is 153 Å². The van der Waals surface area contributed by atoms with E-state index < -0.39 is 6.09 Å². The van der Waals surface area contributed by atoms with Crippen molar-refractivity contribution in [2.24, 2.45) is 5.92 Å². The first kappa shape index (κ1) is 18.4. The van der Waals surface area contributed by atoms with Crippen molar-refractivity contribution in [2.75, 3.05) is 23.1 Å². The predicted molar refractivity (Wildman–Crippen MR) is 101 cm³/mol. The van der Waals surface area contributed by atoms with E-state index in [1.165, 1.54) is 12.0 Å². The van der Waals surface area contributed by atoms with E-state index in [0.29, 0.717) is 11.4 Å². The van der Waals surface area contributed by atoms with Crippen LogP contribution in [0.25, 0.3) is 0 Å². The van der Waals surface area contributed by atoms with E-state index in [9.17, 15) is 14.7 Å². The summed E-state index contributed by atoms with van der Waals surface area (Å²) in [6.45, 7) is 1.92. The highest BCUT2D eigenvalue weighted by Gasteiger charge is 2.31. The lowest BCUT2D eigenvalue weighted by molar-refractivity contribution is -0.146. The zero-order valence-electron chi connectivity index (χ0n) is 15.3. The van der Waals surface area contributed by atoms with E-state index in [1.807, 2.05) is 19.1 Å². The van der Waals surface area contributed by atoms with Crippen LogP contribution in [-0.2, 0) is 16.0 Å². The number of nitrogens with two attached hydrogens (primary N) is 1. The molecular weight excluding hydrogens is 334 g/mol. The van der Waals surface area contributed by atoms with Crippen LogP contribution >= 0.6 is 0 Å². The number of amides is 1. The summed E-state index contributed by atoms with van der Waals surface area (Å²) in [4.78, 5) is 24.6. The lowest BCUT2D eigenvalue weighted by Gasteiger charge is -2.35. The molecule has 1 aromatic carbocycles. The average Bonchev–Trinajstić information content (AvgIpc) is 2.63. The summed E-state index contributed by atoms with van der Waals surface area (Å²) in [5, 5.41) is 13.0. The van der Waals surface area contributed by atoms with Crippen molar-refractivity contribution in [3.8, 4) is 0 Å². The molecule has 4 N–H and O–H groups in total. The van der Waals surface area contributed by atoms with Crippen LogP contribution in [0.1, 0.15) is 44.6 Å². The van der Waals surface area contributed by atoms with Gasteiger partial charge in [-0.05, 0) is 57.6 Å². The second-order valence-electron chi connectivity index (χ2n) is 7.28. The maximum atomic E-state index is 11.6. The van der Waals surface area contributed by atoms with Crippen LogP contribution in [0.3, 0.4) is 0 Å². The maximum absolute atomic E-state index is 11.6. The van der Waals surface area contributed by atoms with Crippen LogP contribution in [0.5, 0.6) is 0 Å². The highest BCUT2D eigenvalue weighted by atomic mass is 16.5. The standard InChI is InChI=1S/C19H27N3O4/c1-11-3-8-14-16(22(11)19(24)25)10-9-15(17(14)20)21-13-6-4-12(5-7-13)18(23)26-2/h9-13,21H,3-8,20H2,1-2H3,(H,24,25)/t11-,12-,13-/m0/s1. The molecule has 26 heavy (non-hydrogen) atoms. The number of ether oxygens (including phenoxy) is 1. The minimum absolute atomic E-state index is 0.00968. The van der Waals surface area contributed by atoms with Crippen molar-refractivity contribution in [3.05, 3.63) is 17.7 Å². The Morgan fingerprint density at radius 3 is 2.54 bits per heavy atom. The molecule has 1 amide bonds. The molecule has 2 aliphatic rings. The van der Waals surface area contributed by atoms with E-state index >= 15 is 0 Å². The molecule has 7 nitrogen and oxygen atoms in total. The fraction of sp³-hybridized carbons (Fsp3) is 0.579. The number of benzene rings is 1. The molecule has 1 aliphatic carbocycles. The maximum Gasteiger partial charge on any atom is 0.412 e. The van der Waals surface area contributed by atoms with Crippen molar-refractivity contribution in [2.45, 2.75) is 57.5 Å². The van der Waals surface area contributed by atoms with Gasteiger partial charge in [0.2, 0.25) is 0 Å². The number of carbonyl (C=O) groups is 2. The van der Waals surface area contributed by atoms with Gasteiger partial charge in [-0.1, -0.05) is 0 Å². The summed E-state index contributed by atoms with van der Waals surface area (Å²) in [6.07, 6.45) is 3.97. The predicted octanol–water partition coefficient (Wildman–Crippen LogP) is 3.23. The van der Waals surface area contributed by atoms with Gasteiger partial charge < -0.3 is 20.9 Å². The van der Waals surface area contributed by atoms with Crippen molar-refractivity contribution in [1.82, 2.24) is 0 Å². The molecule has 3 rings (SSSR count). The Morgan fingerprint density at radius 1 is 1.23 bits per heavy atom. The first-order valence-electron chi connectivity index (χ1n) is 9.20. The van der Waals surface area contributed by atoms with Crippen molar-refractivity contribution in [1.29, 1.82) is 0 Å². The number of nitrogen functional groups attached to an aromatic ring is 1. The zero-order chi connectivity index (χ0) is 18.8. The summed E-state index contributed by atoms with van der Waals surface area (Å²) in [5.41, 5.74) is 9.45. The SMILES string of the molecule is COC(=O)[C@H]1CC[C@H](Nc2ccc3c(c2N)CC[C@H](C)N3C(=O)O)CC1. The number of fused-ring (bicyclic) bond motifs is 1. The molecule has 0 saturated heterocycles. The molecule has 1 aromatic rings. The molecule has 1 heterocycles. The van der Waals surface area contributed by atoms with Gasteiger partial charge in [-0.25, -0.2) is 4.79 Å². The zero-order valence-corrected chi connectivity index (χ0v) is 15.3. The second-order valence-corrected chi connectivity index (χ2v) is 7.28. The van der Waals surface area contributed by atoms with E-state index in [4.69, 9.17) is 10.5 Å². The summed E-state index contributed by atoms with van der Waals surface area (Å²) in [5.74, 6) is -0.135. The lowest BCUT2D eigenvalue weighted by atomic mass is 9.86.